The molecule has 7 heteroatoms. The summed E-state index contributed by atoms with van der Waals surface area (Å²) in [6.07, 6.45) is 0.773. The molecule has 0 fully saturated rings. The third-order valence-corrected chi connectivity index (χ3v) is 5.69. The van der Waals surface area contributed by atoms with Crippen LogP contribution in [0.5, 0.6) is 0 Å². The summed E-state index contributed by atoms with van der Waals surface area (Å²) < 4.78 is 1.20. The zero-order chi connectivity index (χ0) is 20.2. The van der Waals surface area contributed by atoms with Crippen molar-refractivity contribution in [1.29, 1.82) is 0 Å². The Bertz CT molecular complexity index is 1160. The van der Waals surface area contributed by atoms with E-state index in [1.54, 1.807) is 35.6 Å². The van der Waals surface area contributed by atoms with Gasteiger partial charge in [-0.05, 0) is 60.2 Å². The van der Waals surface area contributed by atoms with E-state index in [2.05, 4.69) is 21.7 Å². The fraction of sp³-hybridized carbons (Fsp3) is 0.0455. The molecule has 144 valence electrons. The first-order valence-corrected chi connectivity index (χ1v) is 10.5. The molecule has 0 atom stereocenters. The van der Waals surface area contributed by atoms with Crippen LogP contribution in [0.25, 0.3) is 10.2 Å². The minimum Gasteiger partial charge on any atom is -0.332 e. The van der Waals surface area contributed by atoms with Crippen molar-refractivity contribution in [2.75, 3.05) is 5.32 Å². The van der Waals surface area contributed by atoms with Crippen LogP contribution in [-0.2, 0) is 6.42 Å². The van der Waals surface area contributed by atoms with E-state index in [0.717, 1.165) is 28.2 Å². The molecule has 0 aliphatic carbocycles. The van der Waals surface area contributed by atoms with Crippen LogP contribution in [-0.4, -0.2) is 16.0 Å². The normalized spacial score (nSPS) is 10.7. The summed E-state index contributed by atoms with van der Waals surface area (Å²) in [7, 11) is 0. The third kappa shape index (κ3) is 4.98. The molecule has 2 N–H and O–H groups in total. The van der Waals surface area contributed by atoms with Gasteiger partial charge in [-0.3, -0.25) is 10.1 Å². The zero-order valence-corrected chi connectivity index (χ0v) is 17.6. The fourth-order valence-corrected chi connectivity index (χ4v) is 4.25. The largest absolute Gasteiger partial charge is 0.332 e. The second kappa shape index (κ2) is 8.69. The van der Waals surface area contributed by atoms with Crippen LogP contribution in [0.15, 0.2) is 72.8 Å². The molecule has 4 nitrogen and oxygen atoms in total. The average molecular weight is 438 g/mol. The van der Waals surface area contributed by atoms with E-state index in [1.165, 1.54) is 4.70 Å². The van der Waals surface area contributed by atoms with Crippen LogP contribution in [0, 0.1) is 0 Å². The summed E-state index contributed by atoms with van der Waals surface area (Å²) in [4.78, 5) is 16.9. The Morgan fingerprint density at radius 3 is 2.59 bits per heavy atom. The molecule has 0 bridgehead atoms. The van der Waals surface area contributed by atoms with Gasteiger partial charge in [0.2, 0.25) is 0 Å². The predicted octanol–water partition coefficient (Wildman–Crippen LogP) is 5.67. The van der Waals surface area contributed by atoms with E-state index >= 15 is 0 Å². The van der Waals surface area contributed by atoms with Crippen LogP contribution in [0.1, 0.15) is 20.9 Å². The number of aromatic nitrogens is 1. The lowest BCUT2D eigenvalue weighted by Crippen LogP contribution is -2.34. The number of nitrogens with zero attached hydrogens (tertiary/aromatic N) is 1. The molecule has 4 aromatic rings. The van der Waals surface area contributed by atoms with Crippen LogP contribution in [0.4, 0.5) is 5.69 Å². The smallest absolute Gasteiger partial charge is 0.257 e. The molecule has 0 aliphatic rings. The predicted molar refractivity (Wildman–Crippen MR) is 124 cm³/mol. The molecule has 3 aromatic carbocycles. The van der Waals surface area contributed by atoms with E-state index in [1.807, 2.05) is 42.5 Å². The van der Waals surface area contributed by atoms with E-state index in [9.17, 15) is 4.79 Å². The number of carbonyl (C=O) groups excluding carboxylic acids is 1. The Hall–Kier alpha value is -2.80. The summed E-state index contributed by atoms with van der Waals surface area (Å²) in [6.45, 7) is 0. The van der Waals surface area contributed by atoms with E-state index in [4.69, 9.17) is 23.8 Å². The van der Waals surface area contributed by atoms with Gasteiger partial charge >= 0.3 is 0 Å². The monoisotopic (exact) mass is 437 g/mol. The Labute approximate surface area is 182 Å². The van der Waals surface area contributed by atoms with E-state index in [0.29, 0.717) is 10.6 Å². The number of halogens is 1. The number of thiazole rings is 1. The molecule has 0 unspecified atom stereocenters. The first-order valence-electron chi connectivity index (χ1n) is 8.88. The molecular weight excluding hydrogens is 422 g/mol. The highest BCUT2D eigenvalue weighted by atomic mass is 35.5. The standard InChI is InChI=1S/C22H16ClN3OS2/c23-16-5-3-4-15(13-16)21(27)26-22(28)24-17-10-8-14(9-11-17)12-20-25-18-6-1-2-7-19(18)29-20/h1-11,13H,12H2,(H2,24,26,27,28). The number of amides is 1. The van der Waals surface area contributed by atoms with Crippen molar-refractivity contribution in [3.05, 3.63) is 94.0 Å². The van der Waals surface area contributed by atoms with Gasteiger partial charge in [-0.15, -0.1) is 11.3 Å². The van der Waals surface area contributed by atoms with Crippen molar-refractivity contribution < 1.29 is 4.79 Å². The second-order valence-electron chi connectivity index (χ2n) is 6.37. The van der Waals surface area contributed by atoms with E-state index < -0.39 is 0 Å². The molecule has 0 saturated heterocycles. The highest BCUT2D eigenvalue weighted by Gasteiger charge is 2.09. The summed E-state index contributed by atoms with van der Waals surface area (Å²) in [5, 5.41) is 7.49. The molecular formula is C22H16ClN3OS2. The number of anilines is 1. The summed E-state index contributed by atoms with van der Waals surface area (Å²) in [5.74, 6) is -0.308. The molecule has 1 heterocycles. The molecule has 1 amide bonds. The van der Waals surface area contributed by atoms with Crippen LogP contribution < -0.4 is 10.6 Å². The number of thiocarbonyl (C=S) groups is 1. The van der Waals surface area contributed by atoms with Gasteiger partial charge in [0, 0.05) is 22.7 Å². The first-order chi connectivity index (χ1) is 14.1. The first kappa shape index (κ1) is 19.5. The van der Waals surface area contributed by atoms with Crippen LogP contribution in [0.2, 0.25) is 5.02 Å². The lowest BCUT2D eigenvalue weighted by atomic mass is 10.1. The number of carbonyl (C=O) groups is 1. The number of hydrogen-bond donors (Lipinski definition) is 2. The van der Waals surface area contributed by atoms with Crippen molar-refractivity contribution in [3.63, 3.8) is 0 Å². The SMILES string of the molecule is O=C(NC(=S)Nc1ccc(Cc2nc3ccccc3s2)cc1)c1cccc(Cl)c1. The van der Waals surface area contributed by atoms with Crippen molar-refractivity contribution in [2.24, 2.45) is 0 Å². The number of hydrogen-bond acceptors (Lipinski definition) is 4. The molecule has 1 aromatic heterocycles. The van der Waals surface area contributed by atoms with Crippen molar-refractivity contribution in [3.8, 4) is 0 Å². The van der Waals surface area contributed by atoms with Crippen molar-refractivity contribution >= 4 is 62.1 Å². The third-order valence-electron chi connectivity index (χ3n) is 4.22. The Morgan fingerprint density at radius 2 is 1.83 bits per heavy atom. The Kier molecular flexibility index (Phi) is 5.85. The molecule has 0 saturated carbocycles. The average Bonchev–Trinajstić information content (AvgIpc) is 3.11. The van der Waals surface area contributed by atoms with Crippen molar-refractivity contribution in [2.45, 2.75) is 6.42 Å². The quantitative estimate of drug-likeness (QED) is 0.404. The summed E-state index contributed by atoms with van der Waals surface area (Å²) in [6, 6.07) is 22.8. The number of nitrogens with one attached hydrogen (secondary N) is 2. The van der Waals surface area contributed by atoms with Gasteiger partial charge < -0.3 is 5.32 Å². The Balaban J connectivity index is 1.36. The van der Waals surface area contributed by atoms with Gasteiger partial charge in [0.05, 0.1) is 15.2 Å². The molecule has 29 heavy (non-hydrogen) atoms. The van der Waals surface area contributed by atoms with E-state index in [-0.39, 0.29) is 11.0 Å². The maximum Gasteiger partial charge on any atom is 0.257 e. The van der Waals surface area contributed by atoms with Crippen LogP contribution in [0.3, 0.4) is 0 Å². The van der Waals surface area contributed by atoms with Gasteiger partial charge in [0.25, 0.3) is 5.91 Å². The summed E-state index contributed by atoms with van der Waals surface area (Å²) in [5.41, 5.74) is 3.44. The van der Waals surface area contributed by atoms with Crippen LogP contribution >= 0.6 is 35.2 Å². The van der Waals surface area contributed by atoms with Crippen molar-refractivity contribution in [1.82, 2.24) is 10.3 Å². The minimum atomic E-state index is -0.308. The lowest BCUT2D eigenvalue weighted by Gasteiger charge is -2.10. The summed E-state index contributed by atoms with van der Waals surface area (Å²) >= 11 is 12.9. The van der Waals surface area contributed by atoms with Gasteiger partial charge in [-0.2, -0.15) is 0 Å². The minimum absolute atomic E-state index is 0.230. The lowest BCUT2D eigenvalue weighted by molar-refractivity contribution is 0.0977. The topological polar surface area (TPSA) is 54.0 Å². The number of para-hydroxylation sites is 1. The number of rotatable bonds is 4. The zero-order valence-electron chi connectivity index (χ0n) is 15.2. The van der Waals surface area contributed by atoms with Gasteiger partial charge in [-0.25, -0.2) is 4.98 Å². The maximum absolute atomic E-state index is 12.2. The van der Waals surface area contributed by atoms with Gasteiger partial charge in [0.1, 0.15) is 0 Å². The molecule has 0 spiro atoms. The Morgan fingerprint density at radius 1 is 1.03 bits per heavy atom. The fourth-order valence-electron chi connectivity index (χ4n) is 2.84. The number of fused-ring (bicyclic) bond motifs is 1. The van der Waals surface area contributed by atoms with Gasteiger partial charge in [-0.1, -0.05) is 41.9 Å². The second-order valence-corrected chi connectivity index (χ2v) is 8.33. The molecule has 4 rings (SSSR count). The molecule has 0 radical (unpaired) electrons. The maximum atomic E-state index is 12.2. The van der Waals surface area contributed by atoms with Gasteiger partial charge in [0.15, 0.2) is 5.11 Å². The highest BCUT2D eigenvalue weighted by Crippen LogP contribution is 2.24. The highest BCUT2D eigenvalue weighted by molar-refractivity contribution is 7.80. The molecule has 0 aliphatic heterocycles. The number of benzene rings is 3.